The van der Waals surface area contributed by atoms with Crippen LogP contribution in [0.2, 0.25) is 5.02 Å². The summed E-state index contributed by atoms with van der Waals surface area (Å²) in [5, 5.41) is -0.563. The van der Waals surface area contributed by atoms with Gasteiger partial charge >= 0.3 is 6.18 Å². The Labute approximate surface area is 212 Å². The van der Waals surface area contributed by atoms with E-state index in [2.05, 4.69) is 4.90 Å². The number of hydrogen-bond acceptors (Lipinski definition) is 4. The van der Waals surface area contributed by atoms with Crippen molar-refractivity contribution in [2.24, 2.45) is 0 Å². The lowest BCUT2D eigenvalue weighted by atomic mass is 10.2. The van der Waals surface area contributed by atoms with Gasteiger partial charge in [-0.1, -0.05) is 48.0 Å². The summed E-state index contributed by atoms with van der Waals surface area (Å²) in [6.07, 6.45) is -4.80. The normalized spacial score (nSPS) is 14.6. The summed E-state index contributed by atoms with van der Waals surface area (Å²) in [4.78, 5) is 16.7. The second kappa shape index (κ2) is 10.4. The van der Waals surface area contributed by atoms with E-state index >= 15 is 0 Å². The lowest BCUT2D eigenvalue weighted by Crippen LogP contribution is -2.52. The number of para-hydroxylation sites is 1. The quantitative estimate of drug-likeness (QED) is 0.449. The van der Waals surface area contributed by atoms with Crippen LogP contribution in [0, 0.1) is 0 Å². The van der Waals surface area contributed by atoms with Crippen molar-refractivity contribution in [1.82, 2.24) is 4.90 Å². The summed E-state index contributed by atoms with van der Waals surface area (Å²) in [7, 11) is -4.35. The third-order valence-corrected chi connectivity index (χ3v) is 8.02. The SMILES string of the molecule is O=C(CN(c1ccc(Cl)c(C(F)(F)F)c1)S(=O)(=O)c1ccccc1)N1CCN(c2ccccc2)CC1. The summed E-state index contributed by atoms with van der Waals surface area (Å²) in [5.41, 5.74) is -0.468. The molecule has 3 aromatic rings. The zero-order chi connectivity index (χ0) is 25.9. The Morgan fingerprint density at radius 1 is 0.889 bits per heavy atom. The molecule has 1 amide bonds. The van der Waals surface area contributed by atoms with Gasteiger partial charge in [-0.2, -0.15) is 13.2 Å². The van der Waals surface area contributed by atoms with Crippen LogP contribution in [-0.4, -0.2) is 51.9 Å². The van der Waals surface area contributed by atoms with Gasteiger partial charge in [-0.3, -0.25) is 9.10 Å². The Balaban J connectivity index is 1.61. The zero-order valence-electron chi connectivity index (χ0n) is 19.0. The molecule has 0 spiro atoms. The van der Waals surface area contributed by atoms with Crippen LogP contribution in [0.25, 0.3) is 0 Å². The van der Waals surface area contributed by atoms with Crippen molar-refractivity contribution >= 4 is 38.9 Å². The van der Waals surface area contributed by atoms with Gasteiger partial charge in [-0.05, 0) is 42.5 Å². The molecule has 6 nitrogen and oxygen atoms in total. The predicted molar refractivity (Wildman–Crippen MR) is 133 cm³/mol. The highest BCUT2D eigenvalue weighted by molar-refractivity contribution is 7.92. The molecule has 0 aliphatic carbocycles. The molecule has 1 saturated heterocycles. The number of rotatable bonds is 6. The molecule has 11 heteroatoms. The van der Waals surface area contributed by atoms with E-state index in [9.17, 15) is 26.4 Å². The van der Waals surface area contributed by atoms with Crippen LogP contribution in [0.15, 0.2) is 83.8 Å². The van der Waals surface area contributed by atoms with E-state index in [4.69, 9.17) is 11.6 Å². The Hall–Kier alpha value is -3.24. The molecule has 0 saturated carbocycles. The second-order valence-electron chi connectivity index (χ2n) is 8.19. The first-order chi connectivity index (χ1) is 17.1. The topological polar surface area (TPSA) is 60.9 Å². The molecule has 1 aliphatic rings. The van der Waals surface area contributed by atoms with Crippen molar-refractivity contribution in [2.75, 3.05) is 41.9 Å². The monoisotopic (exact) mass is 537 g/mol. The Kier molecular flexibility index (Phi) is 7.46. The van der Waals surface area contributed by atoms with E-state index in [0.29, 0.717) is 36.6 Å². The Bertz CT molecular complexity index is 1310. The van der Waals surface area contributed by atoms with Crippen LogP contribution in [-0.2, 0) is 21.0 Å². The number of anilines is 2. The minimum absolute atomic E-state index is 0.143. The van der Waals surface area contributed by atoms with Gasteiger partial charge in [-0.15, -0.1) is 0 Å². The smallest absolute Gasteiger partial charge is 0.368 e. The van der Waals surface area contributed by atoms with Gasteiger partial charge in [0.25, 0.3) is 10.0 Å². The minimum Gasteiger partial charge on any atom is -0.368 e. The highest BCUT2D eigenvalue weighted by atomic mass is 35.5. The van der Waals surface area contributed by atoms with Gasteiger partial charge in [0.1, 0.15) is 6.54 Å². The van der Waals surface area contributed by atoms with E-state index in [0.717, 1.165) is 11.8 Å². The van der Waals surface area contributed by atoms with E-state index in [1.165, 1.54) is 35.2 Å². The molecular formula is C25H23ClF3N3O3S. The van der Waals surface area contributed by atoms with Gasteiger partial charge in [0.05, 0.1) is 21.2 Å². The molecule has 0 bridgehead atoms. The van der Waals surface area contributed by atoms with Gasteiger partial charge in [0.2, 0.25) is 5.91 Å². The standard InChI is InChI=1S/C25H23ClF3N3O3S/c26-23-12-11-20(17-22(23)25(27,28)29)32(36(34,35)21-9-5-2-6-10-21)18-24(33)31-15-13-30(14-16-31)19-7-3-1-4-8-19/h1-12,17H,13-16,18H2. The molecule has 0 atom stereocenters. The van der Waals surface area contributed by atoms with Crippen molar-refractivity contribution in [3.63, 3.8) is 0 Å². The molecule has 1 aliphatic heterocycles. The maximum atomic E-state index is 13.5. The van der Waals surface area contributed by atoms with Crippen LogP contribution in [0.3, 0.4) is 0 Å². The largest absolute Gasteiger partial charge is 0.417 e. The highest BCUT2D eigenvalue weighted by Gasteiger charge is 2.36. The van der Waals surface area contributed by atoms with Crippen molar-refractivity contribution in [2.45, 2.75) is 11.1 Å². The van der Waals surface area contributed by atoms with Crippen molar-refractivity contribution in [3.8, 4) is 0 Å². The summed E-state index contributed by atoms with van der Waals surface area (Å²) in [5.74, 6) is -0.509. The van der Waals surface area contributed by atoms with Crippen LogP contribution < -0.4 is 9.21 Å². The number of benzene rings is 3. The number of carbonyl (C=O) groups excluding carboxylic acids is 1. The molecule has 3 aromatic carbocycles. The van der Waals surface area contributed by atoms with Gasteiger partial charge in [0.15, 0.2) is 0 Å². The summed E-state index contributed by atoms with van der Waals surface area (Å²) in [6, 6.07) is 19.7. The first kappa shape index (κ1) is 25.8. The molecule has 4 rings (SSSR count). The van der Waals surface area contributed by atoms with Crippen LogP contribution >= 0.6 is 11.6 Å². The van der Waals surface area contributed by atoms with Crippen LogP contribution in [0.5, 0.6) is 0 Å². The molecule has 0 radical (unpaired) electrons. The number of piperazine rings is 1. The molecule has 0 N–H and O–H groups in total. The van der Waals surface area contributed by atoms with Crippen LogP contribution in [0.4, 0.5) is 24.5 Å². The first-order valence-electron chi connectivity index (χ1n) is 11.1. The maximum absolute atomic E-state index is 13.5. The molecule has 1 fully saturated rings. The summed E-state index contributed by atoms with van der Waals surface area (Å²) >= 11 is 5.74. The van der Waals surface area contributed by atoms with Crippen molar-refractivity contribution in [1.29, 1.82) is 0 Å². The molecule has 190 valence electrons. The van der Waals surface area contributed by atoms with E-state index in [1.807, 2.05) is 30.3 Å². The number of amides is 1. The zero-order valence-corrected chi connectivity index (χ0v) is 20.6. The molecule has 0 aromatic heterocycles. The lowest BCUT2D eigenvalue weighted by Gasteiger charge is -2.37. The summed E-state index contributed by atoms with van der Waals surface area (Å²) in [6.45, 7) is 1.13. The number of carbonyl (C=O) groups is 1. The lowest BCUT2D eigenvalue weighted by molar-refractivity contribution is -0.137. The number of hydrogen-bond donors (Lipinski definition) is 0. The van der Waals surface area contributed by atoms with Gasteiger partial charge in [0, 0.05) is 31.9 Å². The number of halogens is 4. The predicted octanol–water partition coefficient (Wildman–Crippen LogP) is 4.90. The molecule has 36 heavy (non-hydrogen) atoms. The number of nitrogens with zero attached hydrogens (tertiary/aromatic N) is 3. The van der Waals surface area contributed by atoms with Crippen molar-refractivity contribution in [3.05, 3.63) is 89.4 Å². The second-order valence-corrected chi connectivity index (χ2v) is 10.5. The fraction of sp³-hybridized carbons (Fsp3) is 0.240. The van der Waals surface area contributed by atoms with E-state index < -0.39 is 39.2 Å². The minimum atomic E-state index is -4.80. The number of sulfonamides is 1. The van der Waals surface area contributed by atoms with E-state index in [1.54, 1.807) is 6.07 Å². The first-order valence-corrected chi connectivity index (χ1v) is 12.9. The van der Waals surface area contributed by atoms with Gasteiger partial charge < -0.3 is 9.80 Å². The van der Waals surface area contributed by atoms with Crippen molar-refractivity contribution < 1.29 is 26.4 Å². The molecule has 1 heterocycles. The third kappa shape index (κ3) is 5.60. The average molecular weight is 538 g/mol. The Morgan fingerprint density at radius 2 is 1.47 bits per heavy atom. The van der Waals surface area contributed by atoms with E-state index in [-0.39, 0.29) is 10.6 Å². The third-order valence-electron chi connectivity index (χ3n) is 5.91. The summed E-state index contributed by atoms with van der Waals surface area (Å²) < 4.78 is 68.2. The fourth-order valence-corrected chi connectivity index (χ4v) is 5.65. The highest BCUT2D eigenvalue weighted by Crippen LogP contribution is 2.38. The van der Waals surface area contributed by atoms with Gasteiger partial charge in [-0.25, -0.2) is 8.42 Å². The average Bonchev–Trinajstić information content (AvgIpc) is 2.88. The fourth-order valence-electron chi connectivity index (χ4n) is 4.00. The molecule has 0 unspecified atom stereocenters. The molecular weight excluding hydrogens is 515 g/mol. The van der Waals surface area contributed by atoms with Crippen LogP contribution in [0.1, 0.15) is 5.56 Å². The maximum Gasteiger partial charge on any atom is 0.417 e. The Morgan fingerprint density at radius 3 is 2.06 bits per heavy atom. The number of alkyl halides is 3.